The Morgan fingerprint density at radius 3 is 2.29 bits per heavy atom. The van der Waals surface area contributed by atoms with Gasteiger partial charge < -0.3 is 24.2 Å². The van der Waals surface area contributed by atoms with Crippen LogP contribution in [0.15, 0.2) is 0 Å². The van der Waals surface area contributed by atoms with Crippen LogP contribution < -0.4 is 0 Å². The molecule has 0 amide bonds. The summed E-state index contributed by atoms with van der Waals surface area (Å²) in [5.41, 5.74) is 0. The minimum atomic E-state index is -0.729. The molecule has 4 unspecified atom stereocenters. The fourth-order valence-corrected chi connectivity index (χ4v) is 1.53. The van der Waals surface area contributed by atoms with E-state index in [1.165, 1.54) is 0 Å². The van der Waals surface area contributed by atoms with E-state index in [1.54, 1.807) is 20.8 Å². The lowest BCUT2D eigenvalue weighted by molar-refractivity contribution is -0.205. The molecule has 0 spiro atoms. The van der Waals surface area contributed by atoms with E-state index in [-0.39, 0.29) is 12.2 Å². The predicted octanol–water partition coefficient (Wildman–Crippen LogP) is 1.48. The molecular formula is C11H24O5S. The van der Waals surface area contributed by atoms with Crippen molar-refractivity contribution < 1.29 is 24.2 Å². The van der Waals surface area contributed by atoms with E-state index in [0.29, 0.717) is 37.2 Å². The molecule has 0 rings (SSSR count). The number of hydrogen-bond donors (Lipinski definition) is 3. The van der Waals surface area contributed by atoms with Gasteiger partial charge in [-0.25, -0.2) is 0 Å². The molecule has 0 heterocycles. The van der Waals surface area contributed by atoms with Gasteiger partial charge in [-0.1, -0.05) is 0 Å². The van der Waals surface area contributed by atoms with Crippen LogP contribution in [0.25, 0.3) is 0 Å². The molecule has 4 atom stereocenters. The second kappa shape index (κ2) is 10.1. The third kappa shape index (κ3) is 9.82. The van der Waals surface area contributed by atoms with Gasteiger partial charge >= 0.3 is 0 Å². The minimum Gasteiger partial charge on any atom is -0.393 e. The highest BCUT2D eigenvalue weighted by Crippen LogP contribution is 2.10. The maximum atomic E-state index is 9.47. The number of hydrogen-bond acceptors (Lipinski definition) is 6. The highest BCUT2D eigenvalue weighted by atomic mass is 32.2. The van der Waals surface area contributed by atoms with Gasteiger partial charge in [0, 0.05) is 12.4 Å². The van der Waals surface area contributed by atoms with Crippen molar-refractivity contribution in [1.82, 2.24) is 0 Å². The fourth-order valence-electron chi connectivity index (χ4n) is 1.24. The summed E-state index contributed by atoms with van der Waals surface area (Å²) >= 11 is 0.700. The lowest BCUT2D eigenvalue weighted by atomic mass is 10.2. The molecule has 17 heavy (non-hydrogen) atoms. The average Bonchev–Trinajstić information content (AvgIpc) is 2.22. The molecule has 0 saturated heterocycles. The SMILES string of the molecule is CC(O)CCCOC(OC(C)CSO)C(C)O. The Morgan fingerprint density at radius 1 is 1.18 bits per heavy atom. The van der Waals surface area contributed by atoms with Crippen molar-refractivity contribution >= 4 is 12.0 Å². The molecule has 0 aromatic carbocycles. The van der Waals surface area contributed by atoms with Crippen molar-refractivity contribution in [2.24, 2.45) is 0 Å². The smallest absolute Gasteiger partial charge is 0.183 e. The Kier molecular flexibility index (Phi) is 10.2. The maximum Gasteiger partial charge on any atom is 0.183 e. The summed E-state index contributed by atoms with van der Waals surface area (Å²) in [5.74, 6) is 0.431. The molecule has 0 aliphatic heterocycles. The first-order valence-electron chi connectivity index (χ1n) is 5.87. The lowest BCUT2D eigenvalue weighted by Crippen LogP contribution is -2.33. The highest BCUT2D eigenvalue weighted by Gasteiger charge is 2.19. The summed E-state index contributed by atoms with van der Waals surface area (Å²) in [5, 5.41) is 18.5. The first kappa shape index (κ1) is 17.2. The van der Waals surface area contributed by atoms with Crippen LogP contribution in [0.5, 0.6) is 0 Å². The zero-order valence-electron chi connectivity index (χ0n) is 10.7. The number of ether oxygens (including phenoxy) is 2. The standard InChI is InChI=1S/C11H24O5S/c1-8(12)5-4-6-15-11(10(3)13)16-9(2)7-17-14/h8-14H,4-7H2,1-3H3. The van der Waals surface area contributed by atoms with E-state index < -0.39 is 12.4 Å². The summed E-state index contributed by atoms with van der Waals surface area (Å²) < 4.78 is 19.5. The summed E-state index contributed by atoms with van der Waals surface area (Å²) in [6.07, 6.45) is -0.573. The summed E-state index contributed by atoms with van der Waals surface area (Å²) in [6.45, 7) is 5.55. The van der Waals surface area contributed by atoms with Crippen LogP contribution in [-0.4, -0.2) is 51.7 Å². The average molecular weight is 268 g/mol. The second-order valence-corrected chi connectivity index (χ2v) is 4.81. The third-order valence-corrected chi connectivity index (χ3v) is 2.74. The van der Waals surface area contributed by atoms with Crippen molar-refractivity contribution in [2.75, 3.05) is 12.4 Å². The zero-order chi connectivity index (χ0) is 13.3. The van der Waals surface area contributed by atoms with Gasteiger partial charge in [0.1, 0.15) is 6.10 Å². The quantitative estimate of drug-likeness (QED) is 0.316. The molecule has 6 heteroatoms. The van der Waals surface area contributed by atoms with E-state index in [9.17, 15) is 5.11 Å². The van der Waals surface area contributed by atoms with Gasteiger partial charge in [-0.2, -0.15) is 0 Å². The second-order valence-electron chi connectivity index (χ2n) is 4.21. The van der Waals surface area contributed by atoms with Crippen LogP contribution in [0.1, 0.15) is 33.6 Å². The van der Waals surface area contributed by atoms with Gasteiger partial charge in [0.15, 0.2) is 6.29 Å². The Bertz CT molecular complexity index is 177. The van der Waals surface area contributed by atoms with Crippen LogP contribution in [0, 0.1) is 0 Å². The summed E-state index contributed by atoms with van der Waals surface area (Å²) in [6, 6.07) is 0. The Balaban J connectivity index is 3.82. The van der Waals surface area contributed by atoms with E-state index >= 15 is 0 Å². The minimum absolute atomic E-state index is 0.193. The van der Waals surface area contributed by atoms with E-state index in [1.807, 2.05) is 0 Å². The van der Waals surface area contributed by atoms with Gasteiger partial charge in [0.05, 0.1) is 12.2 Å². The van der Waals surface area contributed by atoms with Gasteiger partial charge in [0.2, 0.25) is 0 Å². The molecule has 104 valence electrons. The maximum absolute atomic E-state index is 9.47. The van der Waals surface area contributed by atoms with Crippen molar-refractivity contribution in [1.29, 1.82) is 0 Å². The molecular weight excluding hydrogens is 244 g/mol. The van der Waals surface area contributed by atoms with Crippen LogP contribution in [0.4, 0.5) is 0 Å². The summed E-state index contributed by atoms with van der Waals surface area (Å²) in [4.78, 5) is 0. The van der Waals surface area contributed by atoms with Crippen LogP contribution in [0.3, 0.4) is 0 Å². The molecule has 0 fully saturated rings. The molecule has 0 aliphatic rings. The topological polar surface area (TPSA) is 79.2 Å². The van der Waals surface area contributed by atoms with Crippen molar-refractivity contribution in [3.8, 4) is 0 Å². The Hall–Kier alpha value is 0.150. The molecule has 0 bridgehead atoms. The van der Waals surface area contributed by atoms with Crippen molar-refractivity contribution in [2.45, 2.75) is 58.2 Å². The first-order chi connectivity index (χ1) is 7.97. The predicted molar refractivity (Wildman–Crippen MR) is 68.0 cm³/mol. The number of aliphatic hydroxyl groups excluding tert-OH is 2. The largest absolute Gasteiger partial charge is 0.393 e. The van der Waals surface area contributed by atoms with Crippen LogP contribution >= 0.6 is 12.0 Å². The molecule has 0 aromatic rings. The van der Waals surface area contributed by atoms with Gasteiger partial charge in [-0.3, -0.25) is 0 Å². The zero-order valence-corrected chi connectivity index (χ0v) is 11.5. The number of aliphatic hydroxyl groups is 2. The van der Waals surface area contributed by atoms with Crippen LogP contribution in [0.2, 0.25) is 0 Å². The third-order valence-electron chi connectivity index (χ3n) is 2.12. The summed E-state index contributed by atoms with van der Waals surface area (Å²) in [7, 11) is 0. The highest BCUT2D eigenvalue weighted by molar-refractivity contribution is 7.93. The number of rotatable bonds is 10. The molecule has 3 N–H and O–H groups in total. The van der Waals surface area contributed by atoms with Crippen molar-refractivity contribution in [3.63, 3.8) is 0 Å². The Morgan fingerprint density at radius 2 is 1.82 bits per heavy atom. The molecule has 0 radical (unpaired) electrons. The van der Waals surface area contributed by atoms with E-state index in [4.69, 9.17) is 19.1 Å². The van der Waals surface area contributed by atoms with Crippen molar-refractivity contribution in [3.05, 3.63) is 0 Å². The first-order valence-corrected chi connectivity index (χ1v) is 6.81. The van der Waals surface area contributed by atoms with E-state index in [2.05, 4.69) is 0 Å². The van der Waals surface area contributed by atoms with Gasteiger partial charge in [-0.15, -0.1) is 0 Å². The Labute approximate surface area is 107 Å². The monoisotopic (exact) mass is 268 g/mol. The van der Waals surface area contributed by atoms with Gasteiger partial charge in [0.25, 0.3) is 0 Å². The van der Waals surface area contributed by atoms with Gasteiger partial charge in [-0.05, 0) is 45.7 Å². The molecule has 5 nitrogen and oxygen atoms in total. The van der Waals surface area contributed by atoms with Crippen LogP contribution in [-0.2, 0) is 9.47 Å². The molecule has 0 saturated carbocycles. The fraction of sp³-hybridized carbons (Fsp3) is 1.00. The molecule has 0 aliphatic carbocycles. The lowest BCUT2D eigenvalue weighted by Gasteiger charge is -2.24. The normalized spacial score (nSPS) is 18.7. The molecule has 0 aromatic heterocycles. The van der Waals surface area contributed by atoms with E-state index in [0.717, 1.165) is 0 Å².